The molecule has 180 valence electrons. The molecule has 0 saturated carbocycles. The standard InChI is InChI=1S/C22H32N6O5/c1-3-33-19-7-6-16(13-24-19)17(20(30)31)14-28-12-11-27(22(28)32)10-4-5-18(29)26-21-23-9-8-15(2)25-21/h6-7,13,15,17H,3-5,8-12,14H2,1-2H3,(H,30,31)(H2,23,25,26,29)/t15?,17-/m0/s1. The topological polar surface area (TPSA) is 136 Å². The molecular weight excluding hydrogens is 428 g/mol. The fraction of sp³-hybridized carbons (Fsp3) is 0.591. The zero-order chi connectivity index (χ0) is 23.8. The first-order chi connectivity index (χ1) is 15.9. The zero-order valence-corrected chi connectivity index (χ0v) is 19.1. The Labute approximate surface area is 193 Å². The third-order valence-corrected chi connectivity index (χ3v) is 5.64. The number of rotatable bonds is 10. The van der Waals surface area contributed by atoms with Crippen LogP contribution in [0.1, 0.15) is 44.6 Å². The van der Waals surface area contributed by atoms with Crippen molar-refractivity contribution in [3.05, 3.63) is 23.9 Å². The fourth-order valence-electron chi connectivity index (χ4n) is 3.81. The number of pyridine rings is 1. The number of ether oxygens (including phenoxy) is 1. The summed E-state index contributed by atoms with van der Waals surface area (Å²) in [6, 6.07) is 3.36. The van der Waals surface area contributed by atoms with Gasteiger partial charge in [-0.05, 0) is 32.3 Å². The van der Waals surface area contributed by atoms with Crippen molar-refractivity contribution in [2.24, 2.45) is 4.99 Å². The van der Waals surface area contributed by atoms with Crippen molar-refractivity contribution in [1.82, 2.24) is 25.4 Å². The van der Waals surface area contributed by atoms with Crippen LogP contribution in [0.2, 0.25) is 0 Å². The summed E-state index contributed by atoms with van der Waals surface area (Å²) in [5, 5.41) is 15.6. The van der Waals surface area contributed by atoms with E-state index >= 15 is 0 Å². The number of nitrogens with zero attached hydrogens (tertiary/aromatic N) is 4. The smallest absolute Gasteiger partial charge is 0.320 e. The van der Waals surface area contributed by atoms with Gasteiger partial charge in [-0.3, -0.25) is 19.9 Å². The summed E-state index contributed by atoms with van der Waals surface area (Å²) in [5.74, 6) is -1.11. The number of carbonyl (C=O) groups is 3. The number of hydrogen-bond acceptors (Lipinski definition) is 7. The third kappa shape index (κ3) is 6.80. The van der Waals surface area contributed by atoms with Crippen molar-refractivity contribution in [3.8, 4) is 5.88 Å². The number of urea groups is 1. The summed E-state index contributed by atoms with van der Waals surface area (Å²) >= 11 is 0. The normalized spacial score (nSPS) is 19.0. The average Bonchev–Trinajstić information content (AvgIpc) is 3.12. The van der Waals surface area contributed by atoms with Gasteiger partial charge in [-0.2, -0.15) is 0 Å². The second-order valence-corrected chi connectivity index (χ2v) is 8.19. The van der Waals surface area contributed by atoms with E-state index in [2.05, 4.69) is 20.6 Å². The molecule has 33 heavy (non-hydrogen) atoms. The summed E-state index contributed by atoms with van der Waals surface area (Å²) < 4.78 is 5.30. The molecule has 11 nitrogen and oxygen atoms in total. The number of aliphatic carboxylic acids is 1. The molecule has 1 aromatic rings. The van der Waals surface area contributed by atoms with E-state index in [0.29, 0.717) is 56.6 Å². The van der Waals surface area contributed by atoms with E-state index in [9.17, 15) is 19.5 Å². The molecule has 0 spiro atoms. The zero-order valence-electron chi connectivity index (χ0n) is 19.1. The number of carbonyl (C=O) groups excluding carboxylic acids is 2. The molecule has 2 aliphatic rings. The SMILES string of the molecule is CCOc1ccc([C@H](CN2CCN(CCCC(=O)NC3=NCCC(C)N3)C2=O)C(=O)O)cn1. The van der Waals surface area contributed by atoms with Crippen molar-refractivity contribution < 1.29 is 24.2 Å². The predicted octanol–water partition coefficient (Wildman–Crippen LogP) is 1.02. The Morgan fingerprint density at radius 1 is 1.33 bits per heavy atom. The number of nitrogens with one attached hydrogen (secondary N) is 2. The molecule has 1 unspecified atom stereocenters. The molecule has 3 heterocycles. The highest BCUT2D eigenvalue weighted by molar-refractivity contribution is 5.97. The van der Waals surface area contributed by atoms with E-state index in [-0.39, 0.29) is 30.9 Å². The largest absolute Gasteiger partial charge is 0.481 e. The first-order valence-electron chi connectivity index (χ1n) is 11.3. The minimum atomic E-state index is -1.02. The number of amides is 3. The van der Waals surface area contributed by atoms with Crippen molar-refractivity contribution in [1.29, 1.82) is 0 Å². The van der Waals surface area contributed by atoms with E-state index in [1.54, 1.807) is 17.0 Å². The second-order valence-electron chi connectivity index (χ2n) is 8.19. The lowest BCUT2D eigenvalue weighted by molar-refractivity contribution is -0.139. The van der Waals surface area contributed by atoms with Gasteiger partial charge >= 0.3 is 12.0 Å². The van der Waals surface area contributed by atoms with Crippen molar-refractivity contribution in [2.75, 3.05) is 39.3 Å². The number of hydrogen-bond donors (Lipinski definition) is 3. The molecule has 3 rings (SSSR count). The summed E-state index contributed by atoms with van der Waals surface area (Å²) in [7, 11) is 0. The Morgan fingerprint density at radius 3 is 2.79 bits per heavy atom. The number of carboxylic acid groups (broad SMARTS) is 1. The van der Waals surface area contributed by atoms with Crippen molar-refractivity contribution in [3.63, 3.8) is 0 Å². The van der Waals surface area contributed by atoms with Gasteiger partial charge in [0, 0.05) is 57.4 Å². The van der Waals surface area contributed by atoms with Crippen molar-refractivity contribution >= 4 is 23.9 Å². The Bertz CT molecular complexity index is 875. The van der Waals surface area contributed by atoms with Crippen LogP contribution in [-0.2, 0) is 9.59 Å². The monoisotopic (exact) mass is 460 g/mol. The quantitative estimate of drug-likeness (QED) is 0.474. The van der Waals surface area contributed by atoms with Gasteiger partial charge in [0.2, 0.25) is 11.8 Å². The maximum Gasteiger partial charge on any atom is 0.320 e. The Morgan fingerprint density at radius 2 is 2.12 bits per heavy atom. The van der Waals surface area contributed by atoms with Gasteiger partial charge < -0.3 is 25.0 Å². The number of guanidine groups is 1. The van der Waals surface area contributed by atoms with Crippen LogP contribution in [0.3, 0.4) is 0 Å². The Balaban J connectivity index is 1.46. The molecule has 1 aromatic heterocycles. The Kier molecular flexibility index (Phi) is 8.45. The van der Waals surface area contributed by atoms with Gasteiger partial charge in [0.25, 0.3) is 0 Å². The highest BCUT2D eigenvalue weighted by Crippen LogP contribution is 2.22. The average molecular weight is 461 g/mol. The molecule has 0 aliphatic carbocycles. The minimum Gasteiger partial charge on any atom is -0.481 e. The number of carboxylic acids is 1. The van der Waals surface area contributed by atoms with E-state index in [1.165, 1.54) is 11.1 Å². The molecule has 11 heteroatoms. The van der Waals surface area contributed by atoms with Crippen LogP contribution in [0, 0.1) is 0 Å². The molecule has 0 bridgehead atoms. The summed E-state index contributed by atoms with van der Waals surface area (Å²) in [5.41, 5.74) is 0.516. The van der Waals surface area contributed by atoms with Gasteiger partial charge in [-0.25, -0.2) is 9.78 Å². The summed E-state index contributed by atoms with van der Waals surface area (Å²) in [6.07, 6.45) is 3.20. The van der Waals surface area contributed by atoms with Crippen LogP contribution < -0.4 is 15.4 Å². The van der Waals surface area contributed by atoms with Crippen LogP contribution in [-0.4, -0.2) is 89.1 Å². The maximum absolute atomic E-state index is 12.8. The second kappa shape index (κ2) is 11.5. The highest BCUT2D eigenvalue weighted by atomic mass is 16.5. The molecule has 3 amide bonds. The maximum atomic E-state index is 12.8. The molecule has 0 radical (unpaired) electrons. The van der Waals surface area contributed by atoms with Gasteiger partial charge in [-0.1, -0.05) is 6.07 Å². The molecular formula is C22H32N6O5. The van der Waals surface area contributed by atoms with Crippen LogP contribution in [0.5, 0.6) is 5.88 Å². The van der Waals surface area contributed by atoms with Gasteiger partial charge in [0.05, 0.1) is 6.61 Å². The van der Waals surface area contributed by atoms with Crippen LogP contribution in [0.15, 0.2) is 23.3 Å². The first kappa shape index (κ1) is 24.3. The highest BCUT2D eigenvalue weighted by Gasteiger charge is 2.33. The lowest BCUT2D eigenvalue weighted by atomic mass is 10.0. The van der Waals surface area contributed by atoms with Gasteiger partial charge in [0.1, 0.15) is 5.92 Å². The van der Waals surface area contributed by atoms with Crippen LogP contribution in [0.4, 0.5) is 4.79 Å². The predicted molar refractivity (Wildman–Crippen MR) is 121 cm³/mol. The number of aromatic nitrogens is 1. The molecule has 3 N–H and O–H groups in total. The van der Waals surface area contributed by atoms with Crippen LogP contribution in [0.25, 0.3) is 0 Å². The van der Waals surface area contributed by atoms with E-state index in [1.807, 2.05) is 13.8 Å². The lowest BCUT2D eigenvalue weighted by Crippen LogP contribution is -2.47. The molecule has 1 saturated heterocycles. The van der Waals surface area contributed by atoms with Crippen LogP contribution >= 0.6 is 0 Å². The van der Waals surface area contributed by atoms with E-state index < -0.39 is 11.9 Å². The molecule has 1 fully saturated rings. The third-order valence-electron chi connectivity index (χ3n) is 5.64. The molecule has 2 aliphatic heterocycles. The minimum absolute atomic E-state index is 0.0600. The Hall–Kier alpha value is -3.37. The first-order valence-corrected chi connectivity index (χ1v) is 11.3. The summed E-state index contributed by atoms with van der Waals surface area (Å²) in [4.78, 5) is 48.3. The number of aliphatic imine (C=N–C) groups is 1. The van der Waals surface area contributed by atoms with Gasteiger partial charge in [-0.15, -0.1) is 0 Å². The molecule has 2 atom stereocenters. The van der Waals surface area contributed by atoms with E-state index in [0.717, 1.165) is 6.42 Å². The van der Waals surface area contributed by atoms with Gasteiger partial charge in [0.15, 0.2) is 5.96 Å². The van der Waals surface area contributed by atoms with Crippen molar-refractivity contribution in [2.45, 2.75) is 45.1 Å². The lowest BCUT2D eigenvalue weighted by Gasteiger charge is -2.22. The van der Waals surface area contributed by atoms with E-state index in [4.69, 9.17) is 4.74 Å². The summed E-state index contributed by atoms with van der Waals surface area (Å²) in [6.45, 7) is 6.47. The molecule has 0 aromatic carbocycles. The fourth-order valence-corrected chi connectivity index (χ4v) is 3.81.